The van der Waals surface area contributed by atoms with E-state index >= 15 is 0 Å². The molecule has 0 saturated carbocycles. The number of likely N-dealkylation sites (N-methyl/N-ethyl adjacent to an activating group) is 1. The summed E-state index contributed by atoms with van der Waals surface area (Å²) in [6.45, 7) is 11.9. The number of allylic oxidation sites excluding steroid dienone is 2. The number of hydrogen-bond donors (Lipinski definition) is 1. The lowest BCUT2D eigenvalue weighted by molar-refractivity contribution is -0.125. The first kappa shape index (κ1) is 23.1. The Morgan fingerprint density at radius 3 is 2.75 bits per heavy atom. The van der Waals surface area contributed by atoms with Crippen molar-refractivity contribution in [3.05, 3.63) is 65.3 Å². The monoisotopic (exact) mass is 434 g/mol. The predicted octanol–water partition coefficient (Wildman–Crippen LogP) is 4.77. The Kier molecular flexibility index (Phi) is 6.67. The molecular weight excluding hydrogens is 404 g/mol. The molecular formula is C25H30N4O3. The van der Waals surface area contributed by atoms with Crippen LogP contribution in [-0.2, 0) is 11.3 Å². The summed E-state index contributed by atoms with van der Waals surface area (Å²) in [6, 6.07) is 1.85. The second kappa shape index (κ2) is 9.26. The fraction of sp³-hybridized carbons (Fsp3) is 0.320. The SMILES string of the molecule is C=C/C=C\c1oc(CN(C)C(=O)/C=C/c2cnc3c(c2)OC(C)(C)C(=NC)N3)c(C)c1C. The first-order chi connectivity index (χ1) is 15.2. The summed E-state index contributed by atoms with van der Waals surface area (Å²) in [7, 11) is 3.46. The van der Waals surface area contributed by atoms with Crippen LogP contribution in [0.25, 0.3) is 12.2 Å². The molecule has 0 saturated heterocycles. The Morgan fingerprint density at radius 2 is 2.06 bits per heavy atom. The number of aromatic nitrogens is 1. The number of rotatable bonds is 6. The highest BCUT2D eigenvalue weighted by molar-refractivity contribution is 6.03. The first-order valence-electron chi connectivity index (χ1n) is 10.4. The molecule has 168 valence electrons. The molecule has 0 unspecified atom stereocenters. The van der Waals surface area contributed by atoms with Gasteiger partial charge in [0.05, 0.1) is 6.54 Å². The van der Waals surface area contributed by atoms with E-state index in [1.165, 1.54) is 6.08 Å². The summed E-state index contributed by atoms with van der Waals surface area (Å²) in [5.41, 5.74) is 2.28. The van der Waals surface area contributed by atoms with E-state index in [-0.39, 0.29) is 5.91 Å². The number of furan rings is 1. The van der Waals surface area contributed by atoms with Gasteiger partial charge in [0.1, 0.15) is 17.4 Å². The van der Waals surface area contributed by atoms with Gasteiger partial charge in [-0.1, -0.05) is 18.7 Å². The van der Waals surface area contributed by atoms with Crippen LogP contribution in [0.15, 0.2) is 46.5 Å². The van der Waals surface area contributed by atoms with Crippen LogP contribution in [0, 0.1) is 13.8 Å². The number of aliphatic imine (C=N–C) groups is 1. The Balaban J connectivity index is 1.71. The van der Waals surface area contributed by atoms with Crippen LogP contribution in [0.3, 0.4) is 0 Å². The molecule has 0 aliphatic carbocycles. The van der Waals surface area contributed by atoms with Gasteiger partial charge in [-0.05, 0) is 62.6 Å². The van der Waals surface area contributed by atoms with E-state index in [0.717, 1.165) is 28.2 Å². The number of ether oxygens (including phenoxy) is 1. The molecule has 7 nitrogen and oxygen atoms in total. The summed E-state index contributed by atoms with van der Waals surface area (Å²) in [5.74, 6) is 3.34. The maximum absolute atomic E-state index is 12.7. The van der Waals surface area contributed by atoms with Gasteiger partial charge in [-0.25, -0.2) is 4.98 Å². The summed E-state index contributed by atoms with van der Waals surface area (Å²) < 4.78 is 12.0. The van der Waals surface area contributed by atoms with Crippen molar-refractivity contribution in [2.75, 3.05) is 19.4 Å². The van der Waals surface area contributed by atoms with Crippen molar-refractivity contribution >= 4 is 29.7 Å². The number of hydrogen-bond acceptors (Lipinski definition) is 5. The molecule has 1 aliphatic rings. The number of carbonyl (C=O) groups excluding carboxylic acids is 1. The Labute approximate surface area is 189 Å². The minimum Gasteiger partial charge on any atom is -0.476 e. The normalized spacial score (nSPS) is 16.1. The Morgan fingerprint density at radius 1 is 1.31 bits per heavy atom. The molecule has 0 spiro atoms. The van der Waals surface area contributed by atoms with Crippen LogP contribution in [0.4, 0.5) is 5.82 Å². The van der Waals surface area contributed by atoms with Crippen molar-refractivity contribution in [2.45, 2.75) is 39.8 Å². The largest absolute Gasteiger partial charge is 0.476 e. The lowest BCUT2D eigenvalue weighted by atomic mass is 10.1. The average molecular weight is 435 g/mol. The fourth-order valence-corrected chi connectivity index (χ4v) is 3.37. The molecule has 0 bridgehead atoms. The third-order valence-electron chi connectivity index (χ3n) is 5.41. The molecule has 1 N–H and O–H groups in total. The summed E-state index contributed by atoms with van der Waals surface area (Å²) >= 11 is 0. The van der Waals surface area contributed by atoms with Crippen molar-refractivity contribution in [1.82, 2.24) is 9.88 Å². The molecule has 3 rings (SSSR count). The molecule has 0 radical (unpaired) electrons. The molecule has 2 aromatic rings. The molecule has 32 heavy (non-hydrogen) atoms. The van der Waals surface area contributed by atoms with Gasteiger partial charge in [-0.15, -0.1) is 0 Å². The van der Waals surface area contributed by atoms with Crippen LogP contribution in [0.5, 0.6) is 5.75 Å². The van der Waals surface area contributed by atoms with Gasteiger partial charge in [-0.3, -0.25) is 9.79 Å². The maximum Gasteiger partial charge on any atom is 0.246 e. The van der Waals surface area contributed by atoms with Gasteiger partial charge in [0, 0.05) is 26.4 Å². The van der Waals surface area contributed by atoms with Gasteiger partial charge >= 0.3 is 0 Å². The maximum atomic E-state index is 12.7. The fourth-order valence-electron chi connectivity index (χ4n) is 3.37. The number of fused-ring (bicyclic) bond motifs is 1. The van der Waals surface area contributed by atoms with Crippen molar-refractivity contribution in [3.8, 4) is 5.75 Å². The number of carbonyl (C=O) groups is 1. The number of nitrogens with zero attached hydrogens (tertiary/aromatic N) is 3. The van der Waals surface area contributed by atoms with Crippen molar-refractivity contribution in [1.29, 1.82) is 0 Å². The number of nitrogens with one attached hydrogen (secondary N) is 1. The zero-order valence-corrected chi connectivity index (χ0v) is 19.5. The predicted molar refractivity (Wildman–Crippen MR) is 129 cm³/mol. The second-order valence-electron chi connectivity index (χ2n) is 8.19. The van der Waals surface area contributed by atoms with E-state index in [4.69, 9.17) is 9.15 Å². The van der Waals surface area contributed by atoms with E-state index in [9.17, 15) is 4.79 Å². The van der Waals surface area contributed by atoms with Crippen LogP contribution in [0.2, 0.25) is 0 Å². The van der Waals surface area contributed by atoms with Gasteiger partial charge in [-0.2, -0.15) is 0 Å². The smallest absolute Gasteiger partial charge is 0.246 e. The second-order valence-corrected chi connectivity index (χ2v) is 8.19. The third kappa shape index (κ3) is 4.82. The number of amides is 1. The molecule has 0 aromatic carbocycles. The molecule has 3 heterocycles. The van der Waals surface area contributed by atoms with Crippen LogP contribution >= 0.6 is 0 Å². The highest BCUT2D eigenvalue weighted by atomic mass is 16.5. The Hall–Kier alpha value is -3.61. The number of anilines is 1. The van der Waals surface area contributed by atoms with E-state index in [2.05, 4.69) is 21.9 Å². The molecule has 1 amide bonds. The number of pyridine rings is 1. The quantitative estimate of drug-likeness (QED) is 0.523. The molecule has 0 atom stereocenters. The molecule has 0 fully saturated rings. The van der Waals surface area contributed by atoms with Gasteiger partial charge < -0.3 is 19.4 Å². The topological polar surface area (TPSA) is 80.0 Å². The zero-order valence-electron chi connectivity index (χ0n) is 19.5. The van der Waals surface area contributed by atoms with E-state index in [1.54, 1.807) is 37.3 Å². The Bertz CT molecular complexity index is 1120. The summed E-state index contributed by atoms with van der Waals surface area (Å²) in [5, 5.41) is 3.19. The van der Waals surface area contributed by atoms with Crippen molar-refractivity contribution in [2.24, 2.45) is 4.99 Å². The highest BCUT2D eigenvalue weighted by Crippen LogP contribution is 2.33. The van der Waals surface area contributed by atoms with E-state index < -0.39 is 5.60 Å². The van der Waals surface area contributed by atoms with Crippen LogP contribution in [-0.4, -0.2) is 41.3 Å². The van der Waals surface area contributed by atoms with Gasteiger partial charge in [0.2, 0.25) is 5.91 Å². The van der Waals surface area contributed by atoms with E-state index in [1.807, 2.05) is 45.9 Å². The minimum atomic E-state index is -0.583. The standard InChI is InChI=1S/C25H30N4O3/c1-8-9-10-19-16(2)17(3)21(31-19)15-29(7)22(30)12-11-18-13-20-23(27-14-18)28-24(26-6)25(4,5)32-20/h8-14H,1,15H2,2-7H3,(H,26,27,28)/b10-9-,12-11+. The van der Waals surface area contributed by atoms with E-state index in [0.29, 0.717) is 23.9 Å². The average Bonchev–Trinajstić information content (AvgIpc) is 3.02. The molecule has 1 aliphatic heterocycles. The summed E-state index contributed by atoms with van der Waals surface area (Å²) in [4.78, 5) is 22.9. The van der Waals surface area contributed by atoms with Crippen molar-refractivity contribution < 1.29 is 13.9 Å². The lowest BCUT2D eigenvalue weighted by Crippen LogP contribution is -2.46. The van der Waals surface area contributed by atoms with Crippen LogP contribution < -0.4 is 10.1 Å². The first-order valence-corrected chi connectivity index (χ1v) is 10.4. The van der Waals surface area contributed by atoms with Gasteiger partial charge in [0.25, 0.3) is 0 Å². The zero-order chi connectivity index (χ0) is 23.5. The van der Waals surface area contributed by atoms with Crippen LogP contribution in [0.1, 0.15) is 42.1 Å². The molecule has 2 aromatic heterocycles. The third-order valence-corrected chi connectivity index (χ3v) is 5.41. The van der Waals surface area contributed by atoms with Crippen molar-refractivity contribution in [3.63, 3.8) is 0 Å². The highest BCUT2D eigenvalue weighted by Gasteiger charge is 2.33. The lowest BCUT2D eigenvalue weighted by Gasteiger charge is -2.33. The molecule has 7 heteroatoms. The summed E-state index contributed by atoms with van der Waals surface area (Å²) in [6.07, 6.45) is 10.3. The van der Waals surface area contributed by atoms with Gasteiger partial charge in [0.15, 0.2) is 17.2 Å². The number of amidine groups is 1. The minimum absolute atomic E-state index is 0.140.